The molecule has 0 radical (unpaired) electrons. The first kappa shape index (κ1) is 21.4. The molecule has 0 fully saturated rings. The van der Waals surface area contributed by atoms with Crippen LogP contribution in [-0.4, -0.2) is 14.1 Å². The van der Waals surface area contributed by atoms with Gasteiger partial charge in [0.05, 0.1) is 5.69 Å². The van der Waals surface area contributed by atoms with Crippen LogP contribution < -0.4 is 20.8 Å². The number of hydrogen-bond donors (Lipinski definition) is 0. The van der Waals surface area contributed by atoms with Gasteiger partial charge in [-0.1, -0.05) is 115 Å². The molecule has 5 rings (SSSR count). The van der Waals surface area contributed by atoms with Crippen molar-refractivity contribution in [3.8, 4) is 0 Å². The molecule has 0 spiro atoms. The summed E-state index contributed by atoms with van der Waals surface area (Å²) in [4.78, 5) is 2.30. The molecule has 0 unspecified atom stereocenters. The summed E-state index contributed by atoms with van der Waals surface area (Å²) in [5, 5.41) is 6.83. The van der Waals surface area contributed by atoms with Gasteiger partial charge in [0.1, 0.15) is 0 Å². The van der Waals surface area contributed by atoms with Crippen molar-refractivity contribution in [3.05, 3.63) is 132 Å². The Morgan fingerprint density at radius 1 is 0.576 bits per heavy atom. The van der Waals surface area contributed by atoms with Crippen LogP contribution in [0.15, 0.2) is 121 Å². The van der Waals surface area contributed by atoms with Crippen molar-refractivity contribution in [1.29, 1.82) is 0 Å². The molecule has 5 aromatic carbocycles. The quantitative estimate of drug-likeness (QED) is 0.279. The Bertz CT molecular complexity index is 1310. The highest BCUT2D eigenvalue weighted by Gasteiger charge is 2.23. The molecule has 0 saturated heterocycles. The summed E-state index contributed by atoms with van der Waals surface area (Å²) in [7, 11) is 3.64. The van der Waals surface area contributed by atoms with Gasteiger partial charge in [-0.15, -0.1) is 0 Å². The highest BCUT2D eigenvalue weighted by atomic mass is 31.1. The molecular formula is C31H28NP. The summed E-state index contributed by atoms with van der Waals surface area (Å²) in [6, 6.07) is 44.2. The lowest BCUT2D eigenvalue weighted by Gasteiger charge is -2.28. The van der Waals surface area contributed by atoms with Crippen LogP contribution in [0.5, 0.6) is 0 Å². The van der Waals surface area contributed by atoms with Crippen LogP contribution in [0.3, 0.4) is 0 Å². The molecule has 162 valence electrons. The van der Waals surface area contributed by atoms with Crippen LogP contribution in [0, 0.1) is 0 Å². The van der Waals surface area contributed by atoms with Crippen molar-refractivity contribution in [3.63, 3.8) is 0 Å². The zero-order valence-corrected chi connectivity index (χ0v) is 20.0. The second kappa shape index (κ2) is 9.61. The van der Waals surface area contributed by atoms with Gasteiger partial charge in [-0.25, -0.2) is 0 Å². The van der Waals surface area contributed by atoms with E-state index in [4.69, 9.17) is 0 Å². The van der Waals surface area contributed by atoms with E-state index >= 15 is 0 Å². The first-order chi connectivity index (χ1) is 16.2. The molecule has 0 bridgehead atoms. The Hall–Kier alpha value is -3.41. The predicted molar refractivity (Wildman–Crippen MR) is 146 cm³/mol. The van der Waals surface area contributed by atoms with Gasteiger partial charge >= 0.3 is 0 Å². The molecule has 0 aliphatic rings. The van der Waals surface area contributed by atoms with Gasteiger partial charge in [-0.3, -0.25) is 0 Å². The first-order valence-electron chi connectivity index (χ1n) is 11.4. The minimum atomic E-state index is -0.705. The maximum atomic E-state index is 2.48. The molecule has 0 aliphatic carbocycles. The average Bonchev–Trinajstić information content (AvgIpc) is 2.86. The largest absolute Gasteiger partial charge is 0.377 e. The highest BCUT2D eigenvalue weighted by molar-refractivity contribution is 7.80. The van der Waals surface area contributed by atoms with Crippen molar-refractivity contribution in [2.24, 2.45) is 0 Å². The predicted octanol–water partition coefficient (Wildman–Crippen LogP) is 6.25. The summed E-state index contributed by atoms with van der Waals surface area (Å²) in [5.74, 6) is 0. The lowest BCUT2D eigenvalue weighted by atomic mass is 9.97. The maximum absolute atomic E-state index is 2.48. The lowest BCUT2D eigenvalue weighted by molar-refractivity contribution is 1.14. The molecule has 0 heterocycles. The molecular weight excluding hydrogens is 417 g/mol. The fraction of sp³-hybridized carbons (Fsp3) is 0.0968. The summed E-state index contributed by atoms with van der Waals surface area (Å²) in [5.41, 5.74) is 4.05. The molecule has 0 atom stereocenters. The SMILES string of the molecule is CN(C)c1c(P(c2ccccc2)c2ccccc2)cc(Cc2ccccc2)c2ccccc12. The van der Waals surface area contributed by atoms with E-state index in [1.54, 1.807) is 0 Å². The first-order valence-corrected chi connectivity index (χ1v) is 12.7. The Morgan fingerprint density at radius 2 is 1.06 bits per heavy atom. The molecule has 0 aromatic heterocycles. The number of benzene rings is 5. The molecule has 0 amide bonds. The molecule has 0 saturated carbocycles. The van der Waals surface area contributed by atoms with Gasteiger partial charge in [0.25, 0.3) is 0 Å². The van der Waals surface area contributed by atoms with Gasteiger partial charge < -0.3 is 4.90 Å². The maximum Gasteiger partial charge on any atom is 0.0525 e. The minimum Gasteiger partial charge on any atom is -0.377 e. The smallest absolute Gasteiger partial charge is 0.0525 e. The summed E-state index contributed by atoms with van der Waals surface area (Å²) in [6.45, 7) is 0. The van der Waals surface area contributed by atoms with Crippen LogP contribution in [0.2, 0.25) is 0 Å². The number of anilines is 1. The van der Waals surface area contributed by atoms with Crippen molar-refractivity contribution in [1.82, 2.24) is 0 Å². The Morgan fingerprint density at radius 3 is 1.61 bits per heavy atom. The number of rotatable bonds is 6. The Labute approximate surface area is 198 Å². The molecule has 5 aromatic rings. The zero-order valence-electron chi connectivity index (χ0n) is 19.1. The van der Waals surface area contributed by atoms with Gasteiger partial charge in [0.2, 0.25) is 0 Å². The summed E-state index contributed by atoms with van der Waals surface area (Å²) >= 11 is 0. The second-order valence-electron chi connectivity index (χ2n) is 8.51. The summed E-state index contributed by atoms with van der Waals surface area (Å²) < 4.78 is 0. The van der Waals surface area contributed by atoms with Gasteiger partial charge in [0, 0.05) is 24.8 Å². The third kappa shape index (κ3) is 4.42. The third-order valence-corrected chi connectivity index (χ3v) is 8.49. The van der Waals surface area contributed by atoms with Gasteiger partial charge in [0.15, 0.2) is 0 Å². The van der Waals surface area contributed by atoms with Crippen LogP contribution in [0.1, 0.15) is 11.1 Å². The van der Waals surface area contributed by atoms with Crippen molar-refractivity contribution in [2.45, 2.75) is 6.42 Å². The Kier molecular flexibility index (Phi) is 6.24. The fourth-order valence-electron chi connectivity index (χ4n) is 4.60. The number of hydrogen-bond acceptors (Lipinski definition) is 1. The van der Waals surface area contributed by atoms with Gasteiger partial charge in [-0.05, 0) is 47.5 Å². The number of fused-ring (bicyclic) bond motifs is 1. The highest BCUT2D eigenvalue weighted by Crippen LogP contribution is 2.40. The van der Waals surface area contributed by atoms with E-state index in [9.17, 15) is 0 Å². The molecule has 0 N–H and O–H groups in total. The molecule has 1 nitrogen and oxygen atoms in total. The van der Waals surface area contributed by atoms with E-state index in [1.165, 1.54) is 43.5 Å². The van der Waals surface area contributed by atoms with E-state index < -0.39 is 7.92 Å². The standard InChI is InChI=1S/C31H28NP/c1-32(2)31-29-21-13-12-20-28(29)25(22-24-14-6-3-7-15-24)23-30(31)33(26-16-8-4-9-17-26)27-18-10-5-11-19-27/h3-21,23H,22H2,1-2H3. The van der Waals surface area contributed by atoms with Gasteiger partial charge in [-0.2, -0.15) is 0 Å². The van der Waals surface area contributed by atoms with Crippen molar-refractivity contribution in [2.75, 3.05) is 19.0 Å². The van der Waals surface area contributed by atoms with E-state index in [0.29, 0.717) is 0 Å². The van der Waals surface area contributed by atoms with E-state index in [2.05, 4.69) is 140 Å². The van der Waals surface area contributed by atoms with Crippen LogP contribution >= 0.6 is 7.92 Å². The lowest BCUT2D eigenvalue weighted by Crippen LogP contribution is -2.27. The third-order valence-electron chi connectivity index (χ3n) is 6.04. The van der Waals surface area contributed by atoms with E-state index in [-0.39, 0.29) is 0 Å². The van der Waals surface area contributed by atoms with Crippen LogP contribution in [0.4, 0.5) is 5.69 Å². The monoisotopic (exact) mass is 445 g/mol. The zero-order chi connectivity index (χ0) is 22.6. The number of nitrogens with zero attached hydrogens (tertiary/aromatic N) is 1. The van der Waals surface area contributed by atoms with Crippen LogP contribution in [0.25, 0.3) is 10.8 Å². The minimum absolute atomic E-state index is 0.705. The molecule has 0 aliphatic heterocycles. The van der Waals surface area contributed by atoms with Crippen LogP contribution in [-0.2, 0) is 6.42 Å². The fourth-order valence-corrected chi connectivity index (χ4v) is 7.21. The average molecular weight is 446 g/mol. The van der Waals surface area contributed by atoms with E-state index in [1.807, 2.05) is 0 Å². The normalized spacial score (nSPS) is 11.1. The van der Waals surface area contributed by atoms with Crippen molar-refractivity contribution < 1.29 is 0 Å². The van der Waals surface area contributed by atoms with E-state index in [0.717, 1.165) is 6.42 Å². The second-order valence-corrected chi connectivity index (χ2v) is 10.7. The molecule has 33 heavy (non-hydrogen) atoms. The summed E-state index contributed by atoms with van der Waals surface area (Å²) in [6.07, 6.45) is 0.925. The Balaban J connectivity index is 1.81. The molecule has 2 heteroatoms. The van der Waals surface area contributed by atoms with Crippen molar-refractivity contribution >= 4 is 40.3 Å². The topological polar surface area (TPSA) is 3.24 Å².